The van der Waals surface area contributed by atoms with Crippen molar-refractivity contribution in [2.24, 2.45) is 0 Å². The highest BCUT2D eigenvalue weighted by Gasteiger charge is 2.41. The van der Waals surface area contributed by atoms with Crippen molar-refractivity contribution in [3.8, 4) is 0 Å². The minimum Gasteiger partial charge on any atom is -0.369 e. The number of rotatable bonds is 3. The molecule has 2 aliphatic heterocycles. The number of likely N-dealkylation sites (tertiary alicyclic amines) is 1. The van der Waals surface area contributed by atoms with Crippen LogP contribution in [-0.4, -0.2) is 72.2 Å². The van der Waals surface area contributed by atoms with Gasteiger partial charge >= 0.3 is 6.18 Å². The van der Waals surface area contributed by atoms with Crippen molar-refractivity contribution in [3.05, 3.63) is 24.5 Å². The van der Waals surface area contributed by atoms with E-state index in [1.807, 2.05) is 17.0 Å². The first-order valence-corrected chi connectivity index (χ1v) is 7.68. The minimum absolute atomic E-state index is 0.188. The number of carbonyl (C=O) groups is 1. The molecule has 1 atom stereocenters. The van der Waals surface area contributed by atoms with Crippen LogP contribution < -0.4 is 4.90 Å². The number of halogens is 3. The fraction of sp³-hybridized carbons (Fsp3) is 0.600. The molecule has 0 bridgehead atoms. The predicted molar refractivity (Wildman–Crippen MR) is 79.1 cm³/mol. The van der Waals surface area contributed by atoms with Crippen molar-refractivity contribution in [1.82, 2.24) is 14.8 Å². The maximum atomic E-state index is 12.5. The molecule has 0 aromatic carbocycles. The molecule has 0 N–H and O–H groups in total. The van der Waals surface area contributed by atoms with Crippen LogP contribution in [0.1, 0.15) is 6.42 Å². The number of hydrogen-bond donors (Lipinski definition) is 0. The van der Waals surface area contributed by atoms with Crippen molar-refractivity contribution in [2.45, 2.75) is 18.6 Å². The minimum atomic E-state index is -4.33. The summed E-state index contributed by atoms with van der Waals surface area (Å²) < 4.78 is 37.4. The molecule has 5 nitrogen and oxygen atoms in total. The van der Waals surface area contributed by atoms with Gasteiger partial charge in [0, 0.05) is 50.8 Å². The molecule has 3 heterocycles. The van der Waals surface area contributed by atoms with E-state index in [9.17, 15) is 18.0 Å². The summed E-state index contributed by atoms with van der Waals surface area (Å²) >= 11 is 0. The molecule has 1 amide bonds. The van der Waals surface area contributed by atoms with Gasteiger partial charge in [0.25, 0.3) is 0 Å². The van der Waals surface area contributed by atoms with E-state index in [2.05, 4.69) is 9.88 Å². The Morgan fingerprint density at radius 2 is 1.74 bits per heavy atom. The van der Waals surface area contributed by atoms with E-state index < -0.39 is 18.8 Å². The normalized spacial score (nSPS) is 23.6. The Bertz CT molecular complexity index is 543. The van der Waals surface area contributed by atoms with Crippen LogP contribution >= 0.6 is 0 Å². The Balaban J connectivity index is 1.55. The highest BCUT2D eigenvalue weighted by Crippen LogP contribution is 2.25. The summed E-state index contributed by atoms with van der Waals surface area (Å²) in [4.78, 5) is 21.3. The Hall–Kier alpha value is -1.83. The Labute approximate surface area is 132 Å². The van der Waals surface area contributed by atoms with Crippen molar-refractivity contribution < 1.29 is 18.0 Å². The Morgan fingerprint density at radius 3 is 2.35 bits per heavy atom. The number of hydrogen-bond acceptors (Lipinski definition) is 4. The van der Waals surface area contributed by atoms with Gasteiger partial charge in [-0.3, -0.25) is 14.7 Å². The zero-order valence-electron chi connectivity index (χ0n) is 12.7. The molecule has 0 aliphatic carbocycles. The largest absolute Gasteiger partial charge is 0.406 e. The average molecular weight is 328 g/mol. The Kier molecular flexibility index (Phi) is 4.43. The van der Waals surface area contributed by atoms with Crippen LogP contribution in [0.15, 0.2) is 24.5 Å². The molecular weight excluding hydrogens is 309 g/mol. The molecule has 1 aromatic heterocycles. The number of anilines is 1. The summed E-state index contributed by atoms with van der Waals surface area (Å²) in [5.74, 6) is -0.389. The Morgan fingerprint density at radius 1 is 1.09 bits per heavy atom. The monoisotopic (exact) mass is 328 g/mol. The molecule has 8 heteroatoms. The molecule has 0 unspecified atom stereocenters. The first kappa shape index (κ1) is 16.0. The van der Waals surface area contributed by atoms with Gasteiger partial charge in [-0.2, -0.15) is 13.2 Å². The lowest BCUT2D eigenvalue weighted by atomic mass is 10.1. The summed E-state index contributed by atoms with van der Waals surface area (Å²) in [5.41, 5.74) is 1.08. The van der Waals surface area contributed by atoms with Crippen molar-refractivity contribution in [3.63, 3.8) is 0 Å². The van der Waals surface area contributed by atoms with Gasteiger partial charge in [-0.15, -0.1) is 0 Å². The molecule has 0 radical (unpaired) electrons. The predicted octanol–water partition coefficient (Wildman–Crippen LogP) is 1.37. The number of amides is 1. The van der Waals surface area contributed by atoms with Crippen molar-refractivity contribution in [2.75, 3.05) is 44.2 Å². The molecule has 2 fully saturated rings. The molecule has 23 heavy (non-hydrogen) atoms. The second-order valence-corrected chi connectivity index (χ2v) is 5.91. The summed E-state index contributed by atoms with van der Waals surface area (Å²) in [7, 11) is 0. The van der Waals surface area contributed by atoms with Crippen LogP contribution in [0.25, 0.3) is 0 Å². The second-order valence-electron chi connectivity index (χ2n) is 5.91. The van der Waals surface area contributed by atoms with E-state index in [0.717, 1.165) is 23.7 Å². The molecule has 126 valence electrons. The van der Waals surface area contributed by atoms with Crippen molar-refractivity contribution in [1.29, 1.82) is 0 Å². The van der Waals surface area contributed by atoms with Crippen LogP contribution in [0.4, 0.5) is 18.9 Å². The van der Waals surface area contributed by atoms with Gasteiger partial charge in [-0.25, -0.2) is 0 Å². The highest BCUT2D eigenvalue weighted by atomic mass is 19.4. The van der Waals surface area contributed by atoms with E-state index in [4.69, 9.17) is 0 Å². The SMILES string of the molecule is O=C1[C@@H](N2CCN(c3ccncc3)CC2)CCN1CC(F)(F)F. The summed E-state index contributed by atoms with van der Waals surface area (Å²) in [6.45, 7) is 1.92. The zero-order chi connectivity index (χ0) is 16.4. The molecule has 3 rings (SSSR count). The summed E-state index contributed by atoms with van der Waals surface area (Å²) in [6.07, 6.45) is -0.386. The van der Waals surface area contributed by atoms with Gasteiger partial charge in [-0.05, 0) is 18.6 Å². The zero-order valence-corrected chi connectivity index (χ0v) is 12.7. The van der Waals surface area contributed by atoms with Gasteiger partial charge in [-0.1, -0.05) is 0 Å². The van der Waals surface area contributed by atoms with Gasteiger partial charge in [0.1, 0.15) is 6.54 Å². The molecule has 2 saturated heterocycles. The standard InChI is InChI=1S/C15H19F3N4O/c16-15(17,18)11-22-6-3-13(14(22)23)21-9-7-20(8-10-21)12-1-4-19-5-2-12/h1-2,4-5,13H,3,6-11H2/t13-/m0/s1. The lowest BCUT2D eigenvalue weighted by Gasteiger charge is -2.38. The number of alkyl halides is 3. The van der Waals surface area contributed by atoms with E-state index in [-0.39, 0.29) is 12.5 Å². The van der Waals surface area contributed by atoms with Gasteiger partial charge in [0.15, 0.2) is 0 Å². The molecule has 0 saturated carbocycles. The van der Waals surface area contributed by atoms with Crippen LogP contribution in [0.5, 0.6) is 0 Å². The number of pyridine rings is 1. The van der Waals surface area contributed by atoms with Crippen LogP contribution in [-0.2, 0) is 4.79 Å². The van der Waals surface area contributed by atoms with Gasteiger partial charge < -0.3 is 9.80 Å². The smallest absolute Gasteiger partial charge is 0.369 e. The fourth-order valence-corrected chi connectivity index (χ4v) is 3.28. The maximum absolute atomic E-state index is 12.5. The quantitative estimate of drug-likeness (QED) is 0.840. The summed E-state index contributed by atoms with van der Waals surface area (Å²) in [5, 5.41) is 0. The third kappa shape index (κ3) is 3.74. The number of piperazine rings is 1. The van der Waals surface area contributed by atoms with Crippen LogP contribution in [0.3, 0.4) is 0 Å². The van der Waals surface area contributed by atoms with E-state index in [1.54, 1.807) is 12.4 Å². The lowest BCUT2D eigenvalue weighted by Crippen LogP contribution is -2.53. The van der Waals surface area contributed by atoms with Crippen molar-refractivity contribution >= 4 is 11.6 Å². The second kappa shape index (κ2) is 6.35. The van der Waals surface area contributed by atoms with Crippen LogP contribution in [0.2, 0.25) is 0 Å². The third-order valence-corrected chi connectivity index (χ3v) is 4.42. The number of nitrogens with zero attached hydrogens (tertiary/aromatic N) is 4. The van der Waals surface area contributed by atoms with Crippen LogP contribution in [0, 0.1) is 0 Å². The lowest BCUT2D eigenvalue weighted by molar-refractivity contribution is -0.159. The average Bonchev–Trinajstić information content (AvgIpc) is 2.88. The molecule has 1 aromatic rings. The maximum Gasteiger partial charge on any atom is 0.406 e. The number of carbonyl (C=O) groups excluding carboxylic acids is 1. The molecule has 2 aliphatic rings. The first-order valence-electron chi connectivity index (χ1n) is 7.68. The summed E-state index contributed by atoms with van der Waals surface area (Å²) in [6, 6.07) is 3.46. The molecular formula is C15H19F3N4O. The number of aromatic nitrogens is 1. The fourth-order valence-electron chi connectivity index (χ4n) is 3.28. The third-order valence-electron chi connectivity index (χ3n) is 4.42. The topological polar surface area (TPSA) is 39.7 Å². The molecule has 0 spiro atoms. The first-order chi connectivity index (χ1) is 10.9. The highest BCUT2D eigenvalue weighted by molar-refractivity contribution is 5.84. The van der Waals surface area contributed by atoms with E-state index >= 15 is 0 Å². The van der Waals surface area contributed by atoms with E-state index in [1.165, 1.54) is 0 Å². The van der Waals surface area contributed by atoms with E-state index in [0.29, 0.717) is 19.5 Å². The van der Waals surface area contributed by atoms with Gasteiger partial charge in [0.05, 0.1) is 6.04 Å². The van der Waals surface area contributed by atoms with Gasteiger partial charge in [0.2, 0.25) is 5.91 Å².